The highest BCUT2D eigenvalue weighted by atomic mass is 32.2. The number of carbonyl (C=O) groups excluding carboxylic acids is 1. The van der Waals surface area contributed by atoms with Gasteiger partial charge in [-0.25, -0.2) is 0 Å². The number of carbonyl (C=O) groups is 1. The molecular formula is C13H20N2O3S. The maximum Gasteiger partial charge on any atom is 0.224 e. The van der Waals surface area contributed by atoms with Crippen LogP contribution in [0.4, 0.5) is 0 Å². The molecule has 19 heavy (non-hydrogen) atoms. The zero-order valence-corrected chi connectivity index (χ0v) is 12.4. The molecule has 5 nitrogen and oxygen atoms in total. The Morgan fingerprint density at radius 1 is 1.58 bits per heavy atom. The van der Waals surface area contributed by atoms with Crippen LogP contribution in [0.2, 0.25) is 0 Å². The Labute approximate surface area is 117 Å². The number of nitrogens with zero attached hydrogens (tertiary/aromatic N) is 1. The molecule has 1 saturated heterocycles. The van der Waals surface area contributed by atoms with E-state index in [9.17, 15) is 4.79 Å². The molecule has 1 atom stereocenters. The molecule has 0 radical (unpaired) electrons. The van der Waals surface area contributed by atoms with E-state index in [1.807, 2.05) is 25.6 Å². The first-order valence-corrected chi connectivity index (χ1v) is 7.53. The smallest absolute Gasteiger partial charge is 0.224 e. The van der Waals surface area contributed by atoms with Crippen molar-refractivity contribution in [1.29, 1.82) is 0 Å². The number of amides is 1. The van der Waals surface area contributed by atoms with Gasteiger partial charge in [0.15, 0.2) is 0 Å². The van der Waals surface area contributed by atoms with Crippen molar-refractivity contribution in [1.82, 2.24) is 10.5 Å². The van der Waals surface area contributed by atoms with Crippen molar-refractivity contribution in [2.24, 2.45) is 0 Å². The fourth-order valence-corrected chi connectivity index (χ4v) is 3.60. The van der Waals surface area contributed by atoms with Gasteiger partial charge >= 0.3 is 0 Å². The van der Waals surface area contributed by atoms with E-state index in [1.54, 1.807) is 7.11 Å². The summed E-state index contributed by atoms with van der Waals surface area (Å²) in [6.07, 6.45) is 1.30. The van der Waals surface area contributed by atoms with Gasteiger partial charge in [0.25, 0.3) is 0 Å². The molecule has 0 aliphatic carbocycles. The topological polar surface area (TPSA) is 64.4 Å². The van der Waals surface area contributed by atoms with Gasteiger partial charge in [0, 0.05) is 25.0 Å². The molecule has 1 aliphatic heterocycles. The van der Waals surface area contributed by atoms with Crippen LogP contribution in [0.25, 0.3) is 0 Å². The standard InChI is InChI=1S/C13H20N2O3S/c1-9-11(10(2)18-15-9)6-12(16)14-7-13(17-3)4-5-19-8-13/h4-8H2,1-3H3,(H,14,16). The number of nitrogens with one attached hydrogen (secondary N) is 1. The highest BCUT2D eigenvalue weighted by Gasteiger charge is 2.34. The molecule has 0 spiro atoms. The SMILES string of the molecule is COC1(CNC(=O)Cc2c(C)noc2C)CCSC1. The molecule has 6 heteroatoms. The normalized spacial score (nSPS) is 22.7. The second kappa shape index (κ2) is 5.96. The minimum absolute atomic E-state index is 0.0114. The Kier molecular flexibility index (Phi) is 4.52. The van der Waals surface area contributed by atoms with E-state index in [2.05, 4.69) is 10.5 Å². The zero-order valence-electron chi connectivity index (χ0n) is 11.6. The molecule has 1 unspecified atom stereocenters. The van der Waals surface area contributed by atoms with Gasteiger partial charge in [0.1, 0.15) is 5.76 Å². The predicted octanol–water partition coefficient (Wildman–Crippen LogP) is 1.47. The van der Waals surface area contributed by atoms with Crippen LogP contribution in [-0.2, 0) is 16.0 Å². The first kappa shape index (κ1) is 14.4. The van der Waals surface area contributed by atoms with E-state index < -0.39 is 0 Å². The van der Waals surface area contributed by atoms with Gasteiger partial charge in [-0.15, -0.1) is 0 Å². The van der Waals surface area contributed by atoms with E-state index in [1.165, 1.54) is 0 Å². The molecule has 1 amide bonds. The van der Waals surface area contributed by atoms with Crippen LogP contribution in [0.1, 0.15) is 23.4 Å². The van der Waals surface area contributed by atoms with Crippen molar-refractivity contribution in [2.45, 2.75) is 32.3 Å². The number of aryl methyl sites for hydroxylation is 2. The Bertz CT molecular complexity index is 433. The molecule has 106 valence electrons. The van der Waals surface area contributed by atoms with Gasteiger partial charge in [-0.3, -0.25) is 4.79 Å². The lowest BCUT2D eigenvalue weighted by Gasteiger charge is -2.26. The summed E-state index contributed by atoms with van der Waals surface area (Å²) >= 11 is 1.87. The molecule has 1 fully saturated rings. The monoisotopic (exact) mass is 284 g/mol. The molecule has 1 N–H and O–H groups in total. The number of methoxy groups -OCH3 is 1. The first-order valence-electron chi connectivity index (χ1n) is 6.38. The maximum atomic E-state index is 12.0. The number of hydrogen-bond donors (Lipinski definition) is 1. The fraction of sp³-hybridized carbons (Fsp3) is 0.692. The maximum absolute atomic E-state index is 12.0. The number of ether oxygens (including phenoxy) is 1. The second-order valence-electron chi connectivity index (χ2n) is 4.95. The Balaban J connectivity index is 1.88. The van der Waals surface area contributed by atoms with Crippen LogP contribution in [0, 0.1) is 13.8 Å². The Morgan fingerprint density at radius 3 is 2.89 bits per heavy atom. The number of hydrogen-bond acceptors (Lipinski definition) is 5. The minimum Gasteiger partial charge on any atom is -0.376 e. The third-order valence-electron chi connectivity index (χ3n) is 3.63. The lowest BCUT2D eigenvalue weighted by atomic mass is 10.0. The van der Waals surface area contributed by atoms with Gasteiger partial charge in [-0.2, -0.15) is 11.8 Å². The molecule has 2 heterocycles. The molecular weight excluding hydrogens is 264 g/mol. The average Bonchev–Trinajstić information content (AvgIpc) is 2.99. The zero-order chi connectivity index (χ0) is 13.9. The van der Waals surface area contributed by atoms with Crippen molar-refractivity contribution in [2.75, 3.05) is 25.2 Å². The summed E-state index contributed by atoms with van der Waals surface area (Å²) in [6.45, 7) is 4.24. The highest BCUT2D eigenvalue weighted by Crippen LogP contribution is 2.30. The van der Waals surface area contributed by atoms with E-state index in [-0.39, 0.29) is 11.5 Å². The molecule has 0 saturated carbocycles. The molecule has 1 aliphatic rings. The van der Waals surface area contributed by atoms with Gasteiger partial charge in [-0.1, -0.05) is 5.16 Å². The second-order valence-corrected chi connectivity index (χ2v) is 6.05. The largest absolute Gasteiger partial charge is 0.376 e. The van der Waals surface area contributed by atoms with Crippen LogP contribution in [-0.4, -0.2) is 41.8 Å². The number of aromatic nitrogens is 1. The number of thioether (sulfide) groups is 1. The highest BCUT2D eigenvalue weighted by molar-refractivity contribution is 7.99. The van der Waals surface area contributed by atoms with Crippen molar-refractivity contribution in [3.05, 3.63) is 17.0 Å². The van der Waals surface area contributed by atoms with Gasteiger partial charge in [0.05, 0.1) is 17.7 Å². The number of rotatable bonds is 5. The van der Waals surface area contributed by atoms with Crippen molar-refractivity contribution < 1.29 is 14.1 Å². The summed E-state index contributed by atoms with van der Waals surface area (Å²) in [6, 6.07) is 0. The lowest BCUT2D eigenvalue weighted by molar-refractivity contribution is -0.121. The van der Waals surface area contributed by atoms with E-state index in [0.717, 1.165) is 29.2 Å². The van der Waals surface area contributed by atoms with Crippen LogP contribution in [0.15, 0.2) is 4.52 Å². The molecule has 0 aromatic carbocycles. The first-order chi connectivity index (χ1) is 9.06. The van der Waals surface area contributed by atoms with Crippen LogP contribution < -0.4 is 5.32 Å². The van der Waals surface area contributed by atoms with E-state index >= 15 is 0 Å². The van der Waals surface area contributed by atoms with Crippen LogP contribution in [0.3, 0.4) is 0 Å². The summed E-state index contributed by atoms with van der Waals surface area (Å²) in [7, 11) is 1.71. The third kappa shape index (κ3) is 3.30. The van der Waals surface area contributed by atoms with E-state index in [4.69, 9.17) is 9.26 Å². The summed E-state index contributed by atoms with van der Waals surface area (Å²) in [5.74, 6) is 2.73. The molecule has 0 bridgehead atoms. The van der Waals surface area contributed by atoms with Crippen LogP contribution >= 0.6 is 11.8 Å². The summed E-state index contributed by atoms with van der Waals surface area (Å²) in [5, 5.41) is 6.82. The summed E-state index contributed by atoms with van der Waals surface area (Å²) in [5.41, 5.74) is 1.47. The fourth-order valence-electron chi connectivity index (χ4n) is 2.20. The van der Waals surface area contributed by atoms with Crippen molar-refractivity contribution >= 4 is 17.7 Å². The Hall–Kier alpha value is -1.01. The van der Waals surface area contributed by atoms with E-state index in [0.29, 0.717) is 18.7 Å². The quantitative estimate of drug-likeness (QED) is 0.887. The molecule has 2 rings (SSSR count). The summed E-state index contributed by atoms with van der Waals surface area (Å²) < 4.78 is 10.6. The summed E-state index contributed by atoms with van der Waals surface area (Å²) in [4.78, 5) is 12.0. The molecule has 1 aromatic rings. The average molecular weight is 284 g/mol. The van der Waals surface area contributed by atoms with Crippen molar-refractivity contribution in [3.8, 4) is 0 Å². The lowest BCUT2D eigenvalue weighted by Crippen LogP contribution is -2.45. The van der Waals surface area contributed by atoms with Crippen LogP contribution in [0.5, 0.6) is 0 Å². The van der Waals surface area contributed by atoms with Gasteiger partial charge in [-0.05, 0) is 26.0 Å². The van der Waals surface area contributed by atoms with Gasteiger partial charge < -0.3 is 14.6 Å². The molecule has 1 aromatic heterocycles. The predicted molar refractivity (Wildman–Crippen MR) is 74.4 cm³/mol. The van der Waals surface area contributed by atoms with Gasteiger partial charge in [0.2, 0.25) is 5.91 Å². The third-order valence-corrected chi connectivity index (χ3v) is 4.85. The van der Waals surface area contributed by atoms with Crippen molar-refractivity contribution in [3.63, 3.8) is 0 Å². The minimum atomic E-state index is -0.195. The Morgan fingerprint density at radius 2 is 2.37 bits per heavy atom.